The fraction of sp³-hybridized carbons (Fsp3) is 1.00. The Morgan fingerprint density at radius 3 is 1.12 bits per heavy atom. The molecular weight excluding hydrogens is 164 g/mol. The zero-order valence-electron chi connectivity index (χ0n) is 6.30. The summed E-state index contributed by atoms with van der Waals surface area (Å²) in [6.07, 6.45) is 0. The standard InChI is InChI=1S/C6H15Si.Cu/c1-6(2,3)7(4)5;/h1-5H3;. The molecule has 0 aliphatic heterocycles. The van der Waals surface area contributed by atoms with Crippen LogP contribution in [0.4, 0.5) is 0 Å². The number of hydrogen-bond acceptors (Lipinski definition) is 0. The second-order valence-corrected chi connectivity index (χ2v) is 6.75. The van der Waals surface area contributed by atoms with E-state index in [1.165, 1.54) is 0 Å². The molecule has 0 rings (SSSR count). The molecule has 0 bridgehead atoms. The maximum atomic E-state index is 2.35. The van der Waals surface area contributed by atoms with Crippen LogP contribution in [0.1, 0.15) is 20.8 Å². The zero-order chi connectivity index (χ0) is 6.08. The first-order chi connectivity index (χ1) is 2.94. The summed E-state index contributed by atoms with van der Waals surface area (Å²) in [5.41, 5.74) is 0. The molecule has 0 fully saturated rings. The molecule has 2 radical (unpaired) electrons. The molecule has 0 N–H and O–H groups in total. The Morgan fingerprint density at radius 1 is 1.00 bits per heavy atom. The summed E-state index contributed by atoms with van der Waals surface area (Å²) in [5.74, 6) is 0. The molecule has 0 nitrogen and oxygen atoms in total. The van der Waals surface area contributed by atoms with Crippen LogP contribution in [0.2, 0.25) is 18.1 Å². The topological polar surface area (TPSA) is 0 Å². The van der Waals surface area contributed by atoms with Gasteiger partial charge in [-0.25, -0.2) is 0 Å². The van der Waals surface area contributed by atoms with Crippen LogP contribution in [0.3, 0.4) is 0 Å². The molecule has 0 atom stereocenters. The minimum atomic E-state index is -0.0502. The van der Waals surface area contributed by atoms with Gasteiger partial charge in [0.25, 0.3) is 0 Å². The van der Waals surface area contributed by atoms with Crippen molar-refractivity contribution in [1.29, 1.82) is 0 Å². The van der Waals surface area contributed by atoms with Gasteiger partial charge in [-0.3, -0.25) is 0 Å². The van der Waals surface area contributed by atoms with Crippen molar-refractivity contribution in [3.63, 3.8) is 0 Å². The zero-order valence-corrected chi connectivity index (χ0v) is 8.24. The van der Waals surface area contributed by atoms with Crippen LogP contribution in [-0.4, -0.2) is 8.80 Å². The average molecular weight is 179 g/mol. The van der Waals surface area contributed by atoms with Gasteiger partial charge in [-0.2, -0.15) is 0 Å². The Balaban J connectivity index is 0. The molecular formula is C6H15CuSi. The second-order valence-electron chi connectivity index (χ2n) is 3.25. The van der Waals surface area contributed by atoms with Crippen molar-refractivity contribution in [2.24, 2.45) is 0 Å². The molecule has 0 saturated heterocycles. The summed E-state index contributed by atoms with van der Waals surface area (Å²) in [4.78, 5) is 0. The first kappa shape index (κ1) is 11.5. The van der Waals surface area contributed by atoms with Gasteiger partial charge < -0.3 is 0 Å². The largest absolute Gasteiger partial charge is 0.0709 e. The smallest absolute Gasteiger partial charge is 0.0470 e. The molecule has 0 amide bonds. The molecule has 0 saturated carbocycles. The van der Waals surface area contributed by atoms with Gasteiger partial charge in [0.15, 0.2) is 0 Å². The summed E-state index contributed by atoms with van der Waals surface area (Å²) in [6.45, 7) is 11.6. The van der Waals surface area contributed by atoms with Crippen LogP contribution in [-0.2, 0) is 17.1 Å². The van der Waals surface area contributed by atoms with Crippen LogP contribution in [0, 0.1) is 0 Å². The van der Waals surface area contributed by atoms with Gasteiger partial charge in [-0.15, -0.1) is 0 Å². The van der Waals surface area contributed by atoms with Gasteiger partial charge in [-0.05, 0) is 5.04 Å². The summed E-state index contributed by atoms with van der Waals surface area (Å²) in [7, 11) is -0.0502. The molecule has 0 heterocycles. The van der Waals surface area contributed by atoms with Gasteiger partial charge in [0, 0.05) is 25.9 Å². The third-order valence-corrected chi connectivity index (χ3v) is 4.50. The molecule has 0 aromatic heterocycles. The van der Waals surface area contributed by atoms with Crippen molar-refractivity contribution in [1.82, 2.24) is 0 Å². The molecule has 0 unspecified atom stereocenters. The van der Waals surface area contributed by atoms with Crippen LogP contribution < -0.4 is 0 Å². The van der Waals surface area contributed by atoms with E-state index in [0.717, 1.165) is 0 Å². The second kappa shape index (κ2) is 3.70. The van der Waals surface area contributed by atoms with Crippen molar-refractivity contribution < 1.29 is 17.1 Å². The van der Waals surface area contributed by atoms with E-state index in [-0.39, 0.29) is 25.9 Å². The van der Waals surface area contributed by atoms with Crippen molar-refractivity contribution in [3.05, 3.63) is 0 Å². The van der Waals surface area contributed by atoms with Crippen molar-refractivity contribution in [2.75, 3.05) is 0 Å². The van der Waals surface area contributed by atoms with E-state index < -0.39 is 0 Å². The monoisotopic (exact) mass is 178 g/mol. The normalized spacial score (nSPS) is 11.2. The van der Waals surface area contributed by atoms with Gasteiger partial charge >= 0.3 is 0 Å². The average Bonchev–Trinajstić information content (AvgIpc) is 1.31. The fourth-order valence-electron chi connectivity index (χ4n) is 0. The quantitative estimate of drug-likeness (QED) is 0.501. The Hall–Kier alpha value is 0.736. The van der Waals surface area contributed by atoms with E-state index in [2.05, 4.69) is 33.9 Å². The van der Waals surface area contributed by atoms with E-state index in [1.807, 2.05) is 0 Å². The van der Waals surface area contributed by atoms with Crippen molar-refractivity contribution in [2.45, 2.75) is 38.9 Å². The first-order valence-corrected chi connectivity index (χ1v) is 5.25. The minimum Gasteiger partial charge on any atom is -0.0709 e. The first-order valence-electron chi connectivity index (χ1n) is 2.75. The van der Waals surface area contributed by atoms with E-state index in [1.54, 1.807) is 0 Å². The van der Waals surface area contributed by atoms with Crippen LogP contribution in [0.15, 0.2) is 0 Å². The maximum absolute atomic E-state index is 2.35. The predicted molar refractivity (Wildman–Crippen MR) is 37.2 cm³/mol. The number of hydrogen-bond donors (Lipinski definition) is 0. The van der Waals surface area contributed by atoms with Crippen LogP contribution >= 0.6 is 0 Å². The number of rotatable bonds is 0. The van der Waals surface area contributed by atoms with Crippen molar-refractivity contribution >= 4 is 8.80 Å². The predicted octanol–water partition coefficient (Wildman–Crippen LogP) is 2.54. The maximum Gasteiger partial charge on any atom is 0.0470 e. The van der Waals surface area contributed by atoms with Crippen molar-refractivity contribution in [3.8, 4) is 0 Å². The fourth-order valence-corrected chi connectivity index (χ4v) is 0. The summed E-state index contributed by atoms with van der Waals surface area (Å²) in [5, 5.41) is 0.602. The summed E-state index contributed by atoms with van der Waals surface area (Å²) < 4.78 is 0. The van der Waals surface area contributed by atoms with E-state index in [0.29, 0.717) is 5.04 Å². The van der Waals surface area contributed by atoms with E-state index >= 15 is 0 Å². The Morgan fingerprint density at radius 2 is 1.12 bits per heavy atom. The summed E-state index contributed by atoms with van der Waals surface area (Å²) in [6, 6.07) is 0. The van der Waals surface area contributed by atoms with Gasteiger partial charge in [0.2, 0.25) is 0 Å². The van der Waals surface area contributed by atoms with E-state index in [9.17, 15) is 0 Å². The van der Waals surface area contributed by atoms with E-state index in [4.69, 9.17) is 0 Å². The van der Waals surface area contributed by atoms with Gasteiger partial charge in [0.1, 0.15) is 0 Å². The van der Waals surface area contributed by atoms with Gasteiger partial charge in [-0.1, -0.05) is 33.9 Å². The van der Waals surface area contributed by atoms with Gasteiger partial charge in [0.05, 0.1) is 0 Å². The van der Waals surface area contributed by atoms with Crippen LogP contribution in [0.5, 0.6) is 0 Å². The molecule has 0 aliphatic rings. The molecule has 8 heavy (non-hydrogen) atoms. The molecule has 0 aromatic rings. The summed E-state index contributed by atoms with van der Waals surface area (Å²) >= 11 is 0. The third kappa shape index (κ3) is 4.88. The minimum absolute atomic E-state index is 0. The third-order valence-electron chi connectivity index (χ3n) is 1.50. The molecule has 2 heteroatoms. The SMILES string of the molecule is C[Si](C)C(C)(C)C.[Cu]. The Labute approximate surface area is 65.1 Å². The molecule has 0 aliphatic carbocycles. The molecule has 0 aromatic carbocycles. The Bertz CT molecular complexity index is 54.0. The molecule has 0 spiro atoms. The Kier molecular flexibility index (Phi) is 5.33. The molecule has 54 valence electrons. The van der Waals surface area contributed by atoms with Crippen LogP contribution in [0.25, 0.3) is 0 Å².